The highest BCUT2D eigenvalue weighted by Gasteiger charge is 2.33. The Balaban J connectivity index is 1.95. The lowest BCUT2D eigenvalue weighted by molar-refractivity contribution is 0.0907. The maximum Gasteiger partial charge on any atom is 0.271 e. The predicted molar refractivity (Wildman–Crippen MR) is 75.9 cm³/mol. The number of rotatable bonds is 4. The van der Waals surface area contributed by atoms with Gasteiger partial charge in [0.15, 0.2) is 11.5 Å². The fraction of sp³-hybridized carbons (Fsp3) is 0.286. The molecule has 120 valence electrons. The van der Waals surface area contributed by atoms with Crippen LogP contribution in [-0.2, 0) is 5.54 Å². The number of nitrogens with one attached hydrogen (secondary N) is 1. The van der Waals surface area contributed by atoms with Gasteiger partial charge in [-0.2, -0.15) is 4.98 Å². The molecule has 9 heteroatoms. The Bertz CT molecular complexity index is 770. The van der Waals surface area contributed by atoms with E-state index in [9.17, 15) is 9.59 Å². The molecule has 0 bridgehead atoms. The smallest absolute Gasteiger partial charge is 0.271 e. The molecule has 1 aliphatic rings. The van der Waals surface area contributed by atoms with Crippen LogP contribution in [0.15, 0.2) is 23.0 Å². The number of primary amides is 1. The standard InChI is InChI=1S/C14H14N4O5/c1-14(2,18-11(20)7-3-4-21-5-7)13-16-8(10(15)19)9-12(17-13)23-6-22-9/h3-5H,6H2,1-2H3,(H2,15,19)(H,18,20). The molecule has 2 aromatic rings. The van der Waals surface area contributed by atoms with Crippen molar-refractivity contribution in [2.45, 2.75) is 19.4 Å². The molecule has 0 radical (unpaired) electrons. The van der Waals surface area contributed by atoms with E-state index in [4.69, 9.17) is 19.6 Å². The molecule has 23 heavy (non-hydrogen) atoms. The Morgan fingerprint density at radius 2 is 2.09 bits per heavy atom. The van der Waals surface area contributed by atoms with Gasteiger partial charge in [0.2, 0.25) is 12.5 Å². The maximum atomic E-state index is 12.2. The second-order valence-corrected chi connectivity index (χ2v) is 5.39. The molecule has 3 heterocycles. The number of fused-ring (bicyclic) bond motifs is 1. The molecule has 0 unspecified atom stereocenters. The summed E-state index contributed by atoms with van der Waals surface area (Å²) in [5.74, 6) is -0.738. The topological polar surface area (TPSA) is 130 Å². The lowest BCUT2D eigenvalue weighted by Gasteiger charge is -2.24. The zero-order chi connectivity index (χ0) is 16.6. The highest BCUT2D eigenvalue weighted by molar-refractivity contribution is 5.95. The molecule has 0 fully saturated rings. The first kappa shape index (κ1) is 14.8. The van der Waals surface area contributed by atoms with Gasteiger partial charge in [0, 0.05) is 0 Å². The maximum absolute atomic E-state index is 12.2. The molecular weight excluding hydrogens is 304 g/mol. The normalized spacial score (nSPS) is 13.0. The number of carbonyl (C=O) groups is 2. The van der Waals surface area contributed by atoms with Crippen LogP contribution in [0.25, 0.3) is 0 Å². The number of aromatic nitrogens is 2. The van der Waals surface area contributed by atoms with Crippen molar-refractivity contribution in [2.24, 2.45) is 5.73 Å². The van der Waals surface area contributed by atoms with Crippen molar-refractivity contribution in [3.05, 3.63) is 35.7 Å². The summed E-state index contributed by atoms with van der Waals surface area (Å²) in [7, 11) is 0. The minimum Gasteiger partial charge on any atom is -0.472 e. The van der Waals surface area contributed by atoms with Crippen molar-refractivity contribution in [2.75, 3.05) is 6.79 Å². The average Bonchev–Trinajstić information content (AvgIpc) is 3.16. The van der Waals surface area contributed by atoms with Crippen LogP contribution in [0.4, 0.5) is 0 Å². The van der Waals surface area contributed by atoms with Gasteiger partial charge < -0.3 is 24.9 Å². The summed E-state index contributed by atoms with van der Waals surface area (Å²) in [6.07, 6.45) is 2.71. The molecular formula is C14H14N4O5. The second kappa shape index (κ2) is 5.27. The van der Waals surface area contributed by atoms with Crippen molar-refractivity contribution >= 4 is 11.8 Å². The molecule has 2 aromatic heterocycles. The predicted octanol–water partition coefficient (Wildman–Crippen LogP) is 0.562. The lowest BCUT2D eigenvalue weighted by atomic mass is 10.0. The molecule has 3 N–H and O–H groups in total. The van der Waals surface area contributed by atoms with E-state index in [-0.39, 0.29) is 35.8 Å². The van der Waals surface area contributed by atoms with E-state index in [1.165, 1.54) is 18.6 Å². The average molecular weight is 318 g/mol. The fourth-order valence-corrected chi connectivity index (χ4v) is 2.05. The molecule has 0 saturated carbocycles. The summed E-state index contributed by atoms with van der Waals surface area (Å²) >= 11 is 0. The number of hydrogen-bond acceptors (Lipinski definition) is 7. The van der Waals surface area contributed by atoms with Crippen LogP contribution in [0, 0.1) is 0 Å². The van der Waals surface area contributed by atoms with E-state index in [0.29, 0.717) is 5.56 Å². The van der Waals surface area contributed by atoms with Crippen molar-refractivity contribution in [3.63, 3.8) is 0 Å². The van der Waals surface area contributed by atoms with Crippen LogP contribution >= 0.6 is 0 Å². The van der Waals surface area contributed by atoms with E-state index in [0.717, 1.165) is 0 Å². The molecule has 1 aliphatic heterocycles. The summed E-state index contributed by atoms with van der Waals surface area (Å²) in [6.45, 7) is 3.30. The van der Waals surface area contributed by atoms with Crippen LogP contribution in [0.2, 0.25) is 0 Å². The SMILES string of the molecule is CC(C)(NC(=O)c1ccoc1)c1nc2c(c(C(N)=O)n1)OCO2. The summed E-state index contributed by atoms with van der Waals surface area (Å²) in [4.78, 5) is 32.0. The molecule has 0 spiro atoms. The summed E-state index contributed by atoms with van der Waals surface area (Å²) in [5, 5.41) is 2.76. The van der Waals surface area contributed by atoms with Gasteiger partial charge >= 0.3 is 0 Å². The first-order valence-electron chi connectivity index (χ1n) is 6.71. The van der Waals surface area contributed by atoms with Gasteiger partial charge in [0.05, 0.1) is 17.4 Å². The van der Waals surface area contributed by atoms with E-state index in [1.807, 2.05) is 0 Å². The molecule has 0 aliphatic carbocycles. The number of carbonyl (C=O) groups excluding carboxylic acids is 2. The van der Waals surface area contributed by atoms with Gasteiger partial charge in [-0.3, -0.25) is 9.59 Å². The Morgan fingerprint density at radius 3 is 2.74 bits per heavy atom. The molecule has 9 nitrogen and oxygen atoms in total. The molecule has 2 amide bonds. The van der Waals surface area contributed by atoms with Crippen LogP contribution in [0.5, 0.6) is 11.6 Å². The largest absolute Gasteiger partial charge is 0.472 e. The number of nitrogens with zero attached hydrogens (tertiary/aromatic N) is 2. The zero-order valence-electron chi connectivity index (χ0n) is 12.5. The van der Waals surface area contributed by atoms with Crippen LogP contribution in [0.1, 0.15) is 40.5 Å². The van der Waals surface area contributed by atoms with Crippen molar-refractivity contribution in [1.82, 2.24) is 15.3 Å². The summed E-state index contributed by atoms with van der Waals surface area (Å²) < 4.78 is 15.2. The highest BCUT2D eigenvalue weighted by atomic mass is 16.7. The van der Waals surface area contributed by atoms with Gasteiger partial charge in [0.25, 0.3) is 17.7 Å². The van der Waals surface area contributed by atoms with Crippen molar-refractivity contribution < 1.29 is 23.5 Å². The van der Waals surface area contributed by atoms with Gasteiger partial charge in [0.1, 0.15) is 6.26 Å². The first-order valence-corrected chi connectivity index (χ1v) is 6.71. The number of ether oxygens (including phenoxy) is 2. The van der Waals surface area contributed by atoms with E-state index >= 15 is 0 Å². The van der Waals surface area contributed by atoms with E-state index in [2.05, 4.69) is 15.3 Å². The lowest BCUT2D eigenvalue weighted by Crippen LogP contribution is -2.42. The number of nitrogens with two attached hydrogens (primary N) is 1. The van der Waals surface area contributed by atoms with Gasteiger partial charge in [-0.05, 0) is 19.9 Å². The quantitative estimate of drug-likeness (QED) is 0.842. The Kier molecular flexibility index (Phi) is 3.40. The number of hydrogen-bond donors (Lipinski definition) is 2. The minimum absolute atomic E-state index is 0.0739. The summed E-state index contributed by atoms with van der Waals surface area (Å²) in [5.41, 5.74) is 4.59. The van der Waals surface area contributed by atoms with Crippen molar-refractivity contribution in [3.8, 4) is 11.6 Å². The van der Waals surface area contributed by atoms with Crippen LogP contribution in [0.3, 0.4) is 0 Å². The van der Waals surface area contributed by atoms with Crippen molar-refractivity contribution in [1.29, 1.82) is 0 Å². The monoisotopic (exact) mass is 318 g/mol. The molecule has 3 rings (SSSR count). The van der Waals surface area contributed by atoms with Gasteiger partial charge in [-0.1, -0.05) is 0 Å². The zero-order valence-corrected chi connectivity index (χ0v) is 12.5. The first-order chi connectivity index (χ1) is 10.9. The molecule has 0 saturated heterocycles. The third kappa shape index (κ3) is 2.68. The second-order valence-electron chi connectivity index (χ2n) is 5.39. The van der Waals surface area contributed by atoms with Crippen LogP contribution < -0.4 is 20.5 Å². The highest BCUT2D eigenvalue weighted by Crippen LogP contribution is 2.34. The van der Waals surface area contributed by atoms with Gasteiger partial charge in [-0.25, -0.2) is 4.98 Å². The third-order valence-corrected chi connectivity index (χ3v) is 3.24. The fourth-order valence-electron chi connectivity index (χ4n) is 2.05. The van der Waals surface area contributed by atoms with E-state index in [1.54, 1.807) is 13.8 Å². The Hall–Kier alpha value is -3.10. The number of amides is 2. The van der Waals surface area contributed by atoms with Crippen LogP contribution in [-0.4, -0.2) is 28.6 Å². The Labute approximate surface area is 130 Å². The third-order valence-electron chi connectivity index (χ3n) is 3.24. The van der Waals surface area contributed by atoms with Gasteiger partial charge in [-0.15, -0.1) is 0 Å². The molecule has 0 aromatic carbocycles. The molecule has 0 atom stereocenters. The Morgan fingerprint density at radius 1 is 1.30 bits per heavy atom. The number of furan rings is 1. The summed E-state index contributed by atoms with van der Waals surface area (Å²) in [6, 6.07) is 1.53. The minimum atomic E-state index is -0.987. The van der Waals surface area contributed by atoms with E-state index < -0.39 is 11.4 Å².